The van der Waals surface area contributed by atoms with Crippen LogP contribution in [0, 0.1) is 0 Å². The highest BCUT2D eigenvalue weighted by Gasteiger charge is 2.23. The smallest absolute Gasteiger partial charge is 0.322 e. The molecule has 0 aliphatic heterocycles. The van der Waals surface area contributed by atoms with E-state index in [0.29, 0.717) is 40.4 Å². The minimum Gasteiger partial charge on any atom is -0.493 e. The van der Waals surface area contributed by atoms with E-state index in [1.165, 1.54) is 0 Å². The van der Waals surface area contributed by atoms with Gasteiger partial charge >= 0.3 is 6.03 Å². The van der Waals surface area contributed by atoms with Crippen molar-refractivity contribution < 1.29 is 14.3 Å². The Balaban J connectivity index is 1.57. The van der Waals surface area contributed by atoms with Gasteiger partial charge in [-0.2, -0.15) is 0 Å². The minimum atomic E-state index is -0.288. The predicted molar refractivity (Wildman–Crippen MR) is 150 cm³/mol. The molecule has 1 unspecified atom stereocenters. The van der Waals surface area contributed by atoms with Crippen LogP contribution >= 0.6 is 23.2 Å². The number of hydrogen-bond acceptors (Lipinski definition) is 3. The van der Waals surface area contributed by atoms with E-state index in [0.717, 1.165) is 16.7 Å². The lowest BCUT2D eigenvalue weighted by molar-refractivity contribution is 0.189. The molecule has 2 amide bonds. The molecule has 0 aromatic heterocycles. The van der Waals surface area contributed by atoms with Gasteiger partial charge in [0.05, 0.1) is 23.9 Å². The van der Waals surface area contributed by atoms with Gasteiger partial charge in [0.25, 0.3) is 0 Å². The van der Waals surface area contributed by atoms with Gasteiger partial charge in [-0.1, -0.05) is 89.9 Å². The highest BCUT2D eigenvalue weighted by molar-refractivity contribution is 6.36. The maximum Gasteiger partial charge on any atom is 0.322 e. The van der Waals surface area contributed by atoms with Crippen molar-refractivity contribution in [1.82, 2.24) is 4.90 Å². The van der Waals surface area contributed by atoms with Gasteiger partial charge in [-0.25, -0.2) is 4.79 Å². The number of carbonyl (C=O) groups is 1. The second-order valence-corrected chi connectivity index (χ2v) is 9.37. The Morgan fingerprint density at radius 2 is 1.57 bits per heavy atom. The second kappa shape index (κ2) is 12.5. The molecular formula is C30H28Cl2N2O3. The van der Waals surface area contributed by atoms with Gasteiger partial charge in [-0.05, 0) is 53.9 Å². The fraction of sp³-hybridized carbons (Fsp3) is 0.167. The van der Waals surface area contributed by atoms with Gasteiger partial charge in [-0.3, -0.25) is 0 Å². The van der Waals surface area contributed by atoms with Crippen LogP contribution in [0.4, 0.5) is 10.5 Å². The number of benzene rings is 4. The van der Waals surface area contributed by atoms with E-state index in [-0.39, 0.29) is 12.1 Å². The monoisotopic (exact) mass is 534 g/mol. The molecule has 0 aliphatic rings. The van der Waals surface area contributed by atoms with Crippen LogP contribution in [0.5, 0.6) is 11.5 Å². The van der Waals surface area contributed by atoms with Crippen molar-refractivity contribution in [3.63, 3.8) is 0 Å². The first-order valence-electron chi connectivity index (χ1n) is 11.9. The summed E-state index contributed by atoms with van der Waals surface area (Å²) in [7, 11) is 1.61. The van der Waals surface area contributed by atoms with Crippen molar-refractivity contribution >= 4 is 34.9 Å². The van der Waals surface area contributed by atoms with Gasteiger partial charge in [0.2, 0.25) is 0 Å². The summed E-state index contributed by atoms with van der Waals surface area (Å²) in [6.07, 6.45) is 0. The fourth-order valence-electron chi connectivity index (χ4n) is 3.94. The van der Waals surface area contributed by atoms with Crippen molar-refractivity contribution in [1.29, 1.82) is 0 Å². The maximum absolute atomic E-state index is 13.5. The average Bonchev–Trinajstić information content (AvgIpc) is 2.93. The third-order valence-electron chi connectivity index (χ3n) is 6.00. The number of halogens is 2. The minimum absolute atomic E-state index is 0.215. The van der Waals surface area contributed by atoms with Crippen molar-refractivity contribution in [2.45, 2.75) is 26.1 Å². The number of rotatable bonds is 9. The lowest BCUT2D eigenvalue weighted by Gasteiger charge is -2.30. The number of nitrogens with zero attached hydrogens (tertiary/aromatic N) is 1. The fourth-order valence-corrected chi connectivity index (χ4v) is 4.39. The standard InChI is InChI=1S/C30H28Cl2N2O3/c1-21(24-11-7-4-8-12-24)34(30(35)33-27-15-14-25(31)18-26(27)32)19-23-13-16-28(29(17-23)36-2)37-20-22-9-5-3-6-10-22/h3-18,21H,19-20H2,1-2H3,(H,33,35). The summed E-state index contributed by atoms with van der Waals surface area (Å²) in [6.45, 7) is 2.76. The number of anilines is 1. The Morgan fingerprint density at radius 3 is 2.24 bits per heavy atom. The van der Waals surface area contributed by atoms with Crippen molar-refractivity contribution in [2.24, 2.45) is 0 Å². The molecule has 0 aliphatic carbocycles. The molecule has 0 spiro atoms. The van der Waals surface area contributed by atoms with Crippen LogP contribution in [0.25, 0.3) is 0 Å². The van der Waals surface area contributed by atoms with Gasteiger partial charge in [0.1, 0.15) is 6.61 Å². The SMILES string of the molecule is COc1cc(CN(C(=O)Nc2ccc(Cl)cc2Cl)C(C)c2ccccc2)ccc1OCc1ccccc1. The van der Waals surface area contributed by atoms with Crippen molar-refractivity contribution in [3.8, 4) is 11.5 Å². The average molecular weight is 535 g/mol. The molecule has 4 rings (SSSR count). The van der Waals surface area contributed by atoms with E-state index in [2.05, 4.69) is 5.32 Å². The third-order valence-corrected chi connectivity index (χ3v) is 6.55. The van der Waals surface area contributed by atoms with Gasteiger partial charge < -0.3 is 19.7 Å². The maximum atomic E-state index is 13.5. The highest BCUT2D eigenvalue weighted by atomic mass is 35.5. The molecule has 190 valence electrons. The van der Waals surface area contributed by atoms with Crippen LogP contribution in [0.3, 0.4) is 0 Å². The number of hydrogen-bond donors (Lipinski definition) is 1. The number of nitrogens with one attached hydrogen (secondary N) is 1. The molecular weight excluding hydrogens is 507 g/mol. The molecule has 1 N–H and O–H groups in total. The molecule has 0 saturated carbocycles. The van der Waals surface area contributed by atoms with Crippen LogP contribution in [0.2, 0.25) is 10.0 Å². The van der Waals surface area contributed by atoms with Crippen molar-refractivity contribution in [3.05, 3.63) is 124 Å². The third kappa shape index (κ3) is 6.97. The summed E-state index contributed by atoms with van der Waals surface area (Å²) < 4.78 is 11.6. The Hall–Kier alpha value is -3.67. The molecule has 5 nitrogen and oxygen atoms in total. The summed E-state index contributed by atoms with van der Waals surface area (Å²) in [6, 6.07) is 30.0. The molecule has 4 aromatic rings. The highest BCUT2D eigenvalue weighted by Crippen LogP contribution is 2.32. The Morgan fingerprint density at radius 1 is 0.865 bits per heavy atom. The van der Waals surface area contributed by atoms with Crippen LogP contribution in [0.1, 0.15) is 29.7 Å². The lowest BCUT2D eigenvalue weighted by Crippen LogP contribution is -2.36. The number of urea groups is 1. The van der Waals surface area contributed by atoms with Crippen molar-refractivity contribution in [2.75, 3.05) is 12.4 Å². The van der Waals surface area contributed by atoms with Crippen LogP contribution in [-0.4, -0.2) is 18.0 Å². The zero-order valence-corrected chi connectivity index (χ0v) is 22.2. The quantitative estimate of drug-likeness (QED) is 0.234. The Labute approximate surface area is 227 Å². The number of ether oxygens (including phenoxy) is 2. The Kier molecular flexibility index (Phi) is 8.94. The van der Waals surface area contributed by atoms with E-state index in [4.69, 9.17) is 32.7 Å². The molecule has 0 fully saturated rings. The van der Waals surface area contributed by atoms with E-state index < -0.39 is 0 Å². The van der Waals surface area contributed by atoms with E-state index in [1.807, 2.05) is 85.8 Å². The van der Waals surface area contributed by atoms with Crippen LogP contribution < -0.4 is 14.8 Å². The zero-order valence-electron chi connectivity index (χ0n) is 20.7. The molecule has 7 heteroatoms. The Bertz CT molecular complexity index is 1330. The first kappa shape index (κ1) is 26.4. The molecule has 1 atom stereocenters. The number of amides is 2. The molecule has 0 bridgehead atoms. The summed E-state index contributed by atoms with van der Waals surface area (Å²) >= 11 is 12.3. The summed E-state index contributed by atoms with van der Waals surface area (Å²) in [5, 5.41) is 3.80. The molecule has 0 heterocycles. The molecule has 0 radical (unpaired) electrons. The van der Waals surface area contributed by atoms with Crippen LogP contribution in [0.15, 0.2) is 97.1 Å². The van der Waals surface area contributed by atoms with Gasteiger partial charge in [0.15, 0.2) is 11.5 Å². The number of methoxy groups -OCH3 is 1. The predicted octanol–water partition coefficient (Wildman–Crippen LogP) is 8.38. The molecule has 37 heavy (non-hydrogen) atoms. The summed E-state index contributed by atoms with van der Waals surface area (Å²) in [5.41, 5.74) is 3.45. The largest absolute Gasteiger partial charge is 0.493 e. The first-order valence-corrected chi connectivity index (χ1v) is 12.6. The van der Waals surface area contributed by atoms with Crippen LogP contribution in [-0.2, 0) is 13.2 Å². The molecule has 4 aromatic carbocycles. The second-order valence-electron chi connectivity index (χ2n) is 8.53. The summed E-state index contributed by atoms with van der Waals surface area (Å²) in [4.78, 5) is 15.3. The zero-order chi connectivity index (χ0) is 26.2. The summed E-state index contributed by atoms with van der Waals surface area (Å²) in [5.74, 6) is 1.23. The van der Waals surface area contributed by atoms with E-state index in [9.17, 15) is 4.79 Å². The number of carbonyl (C=O) groups excluding carboxylic acids is 1. The van der Waals surface area contributed by atoms with Gasteiger partial charge in [-0.15, -0.1) is 0 Å². The topological polar surface area (TPSA) is 50.8 Å². The lowest BCUT2D eigenvalue weighted by atomic mass is 10.1. The van der Waals surface area contributed by atoms with Gasteiger partial charge in [0, 0.05) is 11.6 Å². The van der Waals surface area contributed by atoms with E-state index in [1.54, 1.807) is 30.2 Å². The first-order chi connectivity index (χ1) is 17.9. The molecule has 0 saturated heterocycles. The normalized spacial score (nSPS) is 11.5. The van der Waals surface area contributed by atoms with E-state index >= 15 is 0 Å².